The fourth-order valence-corrected chi connectivity index (χ4v) is 9.50. The minimum absolute atomic E-state index is 0.212. The molecular formula is C44H69N7O10. The predicted molar refractivity (Wildman–Crippen MR) is 227 cm³/mol. The van der Waals surface area contributed by atoms with Crippen molar-refractivity contribution in [1.29, 1.82) is 0 Å². The second kappa shape index (κ2) is 19.9. The Balaban J connectivity index is 1.43. The Morgan fingerprint density at radius 1 is 1.10 bits per heavy atom. The van der Waals surface area contributed by atoms with Crippen molar-refractivity contribution in [3.63, 3.8) is 0 Å². The Hall–Kier alpha value is -4.16. The van der Waals surface area contributed by atoms with E-state index in [0.717, 1.165) is 5.56 Å². The molecule has 3 fully saturated rings. The maximum atomic E-state index is 14.1. The number of cyclic esters (lactones) is 1. The van der Waals surface area contributed by atoms with E-state index in [1.54, 1.807) is 21.4 Å². The highest BCUT2D eigenvalue weighted by Crippen LogP contribution is 2.41. The van der Waals surface area contributed by atoms with Crippen molar-refractivity contribution in [2.45, 2.75) is 160 Å². The van der Waals surface area contributed by atoms with Crippen LogP contribution < -0.4 is 5.73 Å². The number of carbonyl (C=O) groups excluding carboxylic acids is 4. The first-order valence-electron chi connectivity index (χ1n) is 21.7. The Morgan fingerprint density at radius 3 is 2.44 bits per heavy atom. The molecule has 340 valence electrons. The lowest BCUT2D eigenvalue weighted by molar-refractivity contribution is -0.289. The number of methoxy groups -OCH3 is 1. The van der Waals surface area contributed by atoms with Crippen LogP contribution >= 0.6 is 0 Å². The summed E-state index contributed by atoms with van der Waals surface area (Å²) in [7, 11) is 5.29. The molecule has 0 bridgehead atoms. The molecule has 17 heteroatoms. The molecule has 0 spiro atoms. The maximum absolute atomic E-state index is 14.1. The van der Waals surface area contributed by atoms with E-state index in [-0.39, 0.29) is 43.4 Å². The number of aliphatic hydroxyl groups is 1. The van der Waals surface area contributed by atoms with Gasteiger partial charge in [0.2, 0.25) is 5.91 Å². The molecule has 2 amide bonds. The lowest BCUT2D eigenvalue weighted by atomic mass is 9.82. The zero-order valence-electron chi connectivity index (χ0n) is 37.9. The number of benzene rings is 1. The van der Waals surface area contributed by atoms with Crippen LogP contribution in [0, 0.1) is 11.8 Å². The number of Topliss-reactive ketones (excluding diaryl/α,β-unsaturated/α-hetero) is 1. The van der Waals surface area contributed by atoms with E-state index >= 15 is 0 Å². The molecule has 2 aromatic rings. The number of likely N-dealkylation sites (N-methyl/N-ethyl adjacent to an activating group) is 1. The number of hydrogen-bond donors (Lipinski definition) is 2. The Bertz CT molecular complexity index is 1840. The number of ketones is 1. The lowest BCUT2D eigenvalue weighted by Crippen LogP contribution is -2.62. The van der Waals surface area contributed by atoms with Crippen LogP contribution in [0.3, 0.4) is 0 Å². The lowest BCUT2D eigenvalue weighted by Gasteiger charge is -2.46. The Kier molecular flexibility index (Phi) is 15.6. The van der Waals surface area contributed by atoms with Gasteiger partial charge in [-0.3, -0.25) is 24.0 Å². The van der Waals surface area contributed by atoms with Crippen LogP contribution in [-0.2, 0) is 44.6 Å². The third kappa shape index (κ3) is 10.7. The van der Waals surface area contributed by atoms with E-state index in [1.807, 2.05) is 84.1 Å². The van der Waals surface area contributed by atoms with Crippen LogP contribution in [0.2, 0.25) is 0 Å². The fourth-order valence-electron chi connectivity index (χ4n) is 9.50. The summed E-state index contributed by atoms with van der Waals surface area (Å²) < 4.78 is 33.0. The minimum atomic E-state index is -1.39. The fraction of sp³-hybridized carbons (Fsp3) is 0.727. The van der Waals surface area contributed by atoms with Crippen LogP contribution in [0.5, 0.6) is 0 Å². The van der Waals surface area contributed by atoms with Gasteiger partial charge in [-0.1, -0.05) is 31.2 Å². The molecule has 1 aromatic carbocycles. The van der Waals surface area contributed by atoms with E-state index in [9.17, 15) is 24.3 Å². The summed E-state index contributed by atoms with van der Waals surface area (Å²) in [5, 5.41) is 20.0. The van der Waals surface area contributed by atoms with Gasteiger partial charge in [0, 0.05) is 57.4 Å². The highest BCUT2D eigenvalue weighted by Gasteiger charge is 2.59. The number of esters is 1. The maximum Gasteiger partial charge on any atom is 0.410 e. The van der Waals surface area contributed by atoms with Crippen molar-refractivity contribution in [3.05, 3.63) is 30.5 Å². The molecule has 2 unspecified atom stereocenters. The number of unbranched alkanes of at least 4 members (excludes halogenated alkanes) is 1. The van der Waals surface area contributed by atoms with Crippen molar-refractivity contribution in [1.82, 2.24) is 29.7 Å². The average Bonchev–Trinajstić information content (AvgIpc) is 3.78. The molecule has 3 aliphatic heterocycles. The van der Waals surface area contributed by atoms with Crippen molar-refractivity contribution in [3.8, 4) is 11.3 Å². The first-order valence-corrected chi connectivity index (χ1v) is 21.7. The van der Waals surface area contributed by atoms with Crippen LogP contribution in [0.25, 0.3) is 11.3 Å². The van der Waals surface area contributed by atoms with Crippen LogP contribution in [0.1, 0.15) is 93.9 Å². The summed E-state index contributed by atoms with van der Waals surface area (Å²) in [6.07, 6.45) is -0.842. The molecule has 3 saturated heterocycles. The number of rotatable bonds is 11. The minimum Gasteiger partial charge on any atom is -0.458 e. The van der Waals surface area contributed by atoms with E-state index < -0.39 is 71.7 Å². The highest BCUT2D eigenvalue weighted by atomic mass is 16.7. The molecule has 1 aromatic heterocycles. The summed E-state index contributed by atoms with van der Waals surface area (Å²) in [5.74, 6) is -2.87. The van der Waals surface area contributed by atoms with Crippen molar-refractivity contribution >= 4 is 29.4 Å². The topological polar surface area (TPSA) is 201 Å². The van der Waals surface area contributed by atoms with Gasteiger partial charge in [-0.2, -0.15) is 0 Å². The first kappa shape index (κ1) is 47.9. The number of carbonyl (C=O) groups is 4. The second-order valence-corrected chi connectivity index (χ2v) is 18.1. The molecule has 0 saturated carbocycles. The number of nitrogen functional groups attached to an aromatic ring is 1. The van der Waals surface area contributed by atoms with Crippen LogP contribution in [-0.4, -0.2) is 153 Å². The highest BCUT2D eigenvalue weighted by molar-refractivity contribution is 5.99. The monoisotopic (exact) mass is 856 g/mol. The zero-order chi connectivity index (χ0) is 45.0. The SMILES string of the molecule is CC[C@H]1OC(=O)[C@H](C)C(=O)C[C@@H](O[C@@H]2O[C@H](C)CC(N(C)C)C2O)[C@@](C)(OC)C[C@@H](C)CN(C(C)=O)[C@H](C)[C@H]2N(CCCCn3cc(-c4cccc(N)c4)nn3)C(=O)O[C@]12C. The second-order valence-electron chi connectivity index (χ2n) is 18.1. The van der Waals surface area contributed by atoms with Crippen molar-refractivity contribution in [2.24, 2.45) is 11.8 Å². The van der Waals surface area contributed by atoms with Gasteiger partial charge in [0.25, 0.3) is 0 Å². The Morgan fingerprint density at radius 2 is 1.80 bits per heavy atom. The summed E-state index contributed by atoms with van der Waals surface area (Å²) in [6, 6.07) is 5.84. The van der Waals surface area contributed by atoms with Crippen LogP contribution in [0.15, 0.2) is 30.5 Å². The van der Waals surface area contributed by atoms with E-state index in [0.29, 0.717) is 50.2 Å². The summed E-state index contributed by atoms with van der Waals surface area (Å²) in [6.45, 7) is 15.3. The molecule has 3 aliphatic rings. The molecule has 5 rings (SSSR count). The molecule has 17 nitrogen and oxygen atoms in total. The zero-order valence-corrected chi connectivity index (χ0v) is 37.9. The Labute approximate surface area is 360 Å². The molecule has 61 heavy (non-hydrogen) atoms. The van der Waals surface area contributed by atoms with Gasteiger partial charge in [-0.15, -0.1) is 5.10 Å². The molecule has 0 radical (unpaired) electrons. The van der Waals surface area contributed by atoms with Gasteiger partial charge in [0.05, 0.1) is 36.1 Å². The van der Waals surface area contributed by atoms with Gasteiger partial charge >= 0.3 is 12.1 Å². The number of nitrogens with zero attached hydrogens (tertiary/aromatic N) is 6. The van der Waals surface area contributed by atoms with Gasteiger partial charge in [0.15, 0.2) is 11.9 Å². The molecule has 3 N–H and O–H groups in total. The number of aromatic nitrogens is 3. The van der Waals surface area contributed by atoms with Gasteiger partial charge in [-0.25, -0.2) is 4.79 Å². The number of aliphatic hydroxyl groups excluding tert-OH is 1. The average molecular weight is 856 g/mol. The third-order valence-electron chi connectivity index (χ3n) is 13.1. The molecule has 12 atom stereocenters. The number of hydrogen-bond acceptors (Lipinski definition) is 14. The number of fused-ring (bicyclic) bond motifs is 1. The normalized spacial score (nSPS) is 34.4. The largest absolute Gasteiger partial charge is 0.458 e. The van der Waals surface area contributed by atoms with Gasteiger partial charge < -0.3 is 44.3 Å². The number of amides is 2. The smallest absolute Gasteiger partial charge is 0.410 e. The van der Waals surface area contributed by atoms with Crippen molar-refractivity contribution in [2.75, 3.05) is 40.0 Å². The number of aryl methyl sites for hydroxylation is 1. The molecule has 4 heterocycles. The summed E-state index contributed by atoms with van der Waals surface area (Å²) in [4.78, 5) is 61.1. The van der Waals surface area contributed by atoms with Crippen LogP contribution in [0.4, 0.5) is 10.5 Å². The standard InChI is InChI=1S/C44H69N7O10/c1-12-36-44(8)39(50(42(56)61-44)19-14-13-18-49-25-33(46-47-49)31-16-15-17-32(45)21-31)29(5)51(30(6)52)24-26(2)23-43(7,57-11)37(22-35(53)28(4)40(55)59-36)60-41-38(54)34(48(9)10)20-27(3)58-41/h15-17,21,25-29,34,36-39,41,54H,12-14,18-20,22-24,45H2,1-11H3/t26-,27-,28-,29-,34?,36-,37-,38?,39-,41+,43+,44-/m1/s1. The first-order chi connectivity index (χ1) is 28.7. The molecule has 0 aliphatic carbocycles. The van der Waals surface area contributed by atoms with Gasteiger partial charge in [-0.05, 0) is 98.9 Å². The quantitative estimate of drug-likeness (QED) is 0.140. The van der Waals surface area contributed by atoms with E-state index in [1.165, 1.54) is 21.0 Å². The van der Waals surface area contributed by atoms with E-state index in [2.05, 4.69) is 10.3 Å². The summed E-state index contributed by atoms with van der Waals surface area (Å²) >= 11 is 0. The van der Waals surface area contributed by atoms with Gasteiger partial charge in [0.1, 0.15) is 29.6 Å². The third-order valence-corrected chi connectivity index (χ3v) is 13.1. The van der Waals surface area contributed by atoms with Crippen molar-refractivity contribution < 1.29 is 48.0 Å². The summed E-state index contributed by atoms with van der Waals surface area (Å²) in [5.41, 5.74) is 5.63. The number of nitrogens with two attached hydrogens (primary N) is 1. The number of anilines is 1. The van der Waals surface area contributed by atoms with E-state index in [4.69, 9.17) is 29.4 Å². The number of ether oxygens (including phenoxy) is 5. The predicted octanol–water partition coefficient (Wildman–Crippen LogP) is 4.30. The molecular weight excluding hydrogens is 787 g/mol.